The molecule has 0 heterocycles. The van der Waals surface area contributed by atoms with Gasteiger partial charge in [-0.25, -0.2) is 0 Å². The second kappa shape index (κ2) is 2.70. The Balaban J connectivity index is 2.27. The summed E-state index contributed by atoms with van der Waals surface area (Å²) >= 11 is 0. The first-order chi connectivity index (χ1) is 4.25. The Morgan fingerprint density at radius 1 is 1.33 bits per heavy atom. The van der Waals surface area contributed by atoms with Crippen LogP contribution in [-0.4, -0.2) is 13.2 Å². The van der Waals surface area contributed by atoms with Crippen LogP contribution in [0.25, 0.3) is 0 Å². The highest BCUT2D eigenvalue weighted by Gasteiger charge is 2.32. The number of rotatable bonds is 2. The molecule has 0 aromatic carbocycles. The quantitative estimate of drug-likeness (QED) is 0.553. The molecule has 0 aromatic heterocycles. The van der Waals surface area contributed by atoms with Crippen molar-refractivity contribution in [2.75, 3.05) is 7.11 Å². The predicted octanol–water partition coefficient (Wildman–Crippen LogP) is 2.07. The van der Waals surface area contributed by atoms with E-state index in [4.69, 9.17) is 4.74 Å². The minimum absolute atomic E-state index is 0.574. The lowest BCUT2D eigenvalue weighted by Gasteiger charge is -2.38. The van der Waals surface area contributed by atoms with Crippen LogP contribution in [0.3, 0.4) is 0 Å². The van der Waals surface area contributed by atoms with Crippen LogP contribution in [0.4, 0.5) is 0 Å². The molecule has 0 N–H and O–H groups in total. The molecule has 0 spiro atoms. The maximum atomic E-state index is 5.26. The summed E-state index contributed by atoms with van der Waals surface area (Å²) in [7, 11) is 1.82. The first-order valence-electron chi connectivity index (χ1n) is 3.78. The Kier molecular flexibility index (Phi) is 2.12. The van der Waals surface area contributed by atoms with E-state index in [9.17, 15) is 0 Å². The Hall–Kier alpha value is -0.0400. The Bertz CT molecular complexity index is 86.6. The summed E-state index contributed by atoms with van der Waals surface area (Å²) in [5.74, 6) is 1.65. The number of hydrogen-bond donors (Lipinski definition) is 0. The minimum atomic E-state index is 0.574. The Morgan fingerprint density at radius 3 is 2.11 bits per heavy atom. The largest absolute Gasteiger partial charge is 0.381 e. The highest BCUT2D eigenvalue weighted by atomic mass is 16.5. The van der Waals surface area contributed by atoms with Gasteiger partial charge in [0.1, 0.15) is 0 Å². The van der Waals surface area contributed by atoms with Crippen LogP contribution in [0.15, 0.2) is 0 Å². The molecule has 1 aliphatic rings. The maximum Gasteiger partial charge on any atom is 0.0602 e. The van der Waals surface area contributed by atoms with Gasteiger partial charge >= 0.3 is 0 Å². The molecule has 1 heteroatoms. The van der Waals surface area contributed by atoms with Gasteiger partial charge in [-0.3, -0.25) is 0 Å². The summed E-state index contributed by atoms with van der Waals surface area (Å²) in [5, 5.41) is 0. The van der Waals surface area contributed by atoms with Crippen molar-refractivity contribution in [1.82, 2.24) is 0 Å². The van der Waals surface area contributed by atoms with E-state index in [0.29, 0.717) is 6.10 Å². The molecule has 0 bridgehead atoms. The van der Waals surface area contributed by atoms with Gasteiger partial charge in [-0.15, -0.1) is 0 Å². The molecule has 0 amide bonds. The maximum absolute atomic E-state index is 5.26. The van der Waals surface area contributed by atoms with Crippen molar-refractivity contribution in [3.05, 3.63) is 0 Å². The summed E-state index contributed by atoms with van der Waals surface area (Å²) < 4.78 is 5.26. The van der Waals surface area contributed by atoms with Crippen LogP contribution < -0.4 is 0 Å². The fourth-order valence-corrected chi connectivity index (χ4v) is 1.55. The molecule has 0 saturated heterocycles. The van der Waals surface area contributed by atoms with Gasteiger partial charge in [0.2, 0.25) is 0 Å². The molecular formula is C8H16O. The van der Waals surface area contributed by atoms with Crippen molar-refractivity contribution in [2.45, 2.75) is 32.8 Å². The summed E-state index contributed by atoms with van der Waals surface area (Å²) in [6.45, 7) is 4.55. The zero-order valence-corrected chi connectivity index (χ0v) is 6.55. The normalized spacial score (nSPS) is 34.7. The number of ether oxygens (including phenoxy) is 1. The molecule has 0 radical (unpaired) electrons. The molecule has 9 heavy (non-hydrogen) atoms. The second-order valence-electron chi connectivity index (χ2n) is 3.26. The second-order valence-corrected chi connectivity index (χ2v) is 3.26. The van der Waals surface area contributed by atoms with E-state index in [0.717, 1.165) is 11.8 Å². The third kappa shape index (κ3) is 1.26. The van der Waals surface area contributed by atoms with E-state index >= 15 is 0 Å². The molecule has 0 aromatic rings. The van der Waals surface area contributed by atoms with E-state index in [1.54, 1.807) is 0 Å². The average Bonchev–Trinajstić information content (AvgIpc) is 1.61. The molecule has 1 nitrogen and oxygen atoms in total. The Morgan fingerprint density at radius 2 is 2.00 bits per heavy atom. The SMILES string of the molecule is COC1CC[C@H]1C(C)C. The lowest BCUT2D eigenvalue weighted by molar-refractivity contribution is -0.0361. The van der Waals surface area contributed by atoms with Gasteiger partial charge in [0, 0.05) is 7.11 Å². The summed E-state index contributed by atoms with van der Waals surface area (Å²) in [4.78, 5) is 0. The summed E-state index contributed by atoms with van der Waals surface area (Å²) in [6.07, 6.45) is 3.22. The third-order valence-corrected chi connectivity index (χ3v) is 2.42. The lowest BCUT2D eigenvalue weighted by atomic mass is 9.75. The van der Waals surface area contributed by atoms with Gasteiger partial charge in [-0.05, 0) is 24.7 Å². The van der Waals surface area contributed by atoms with Crippen LogP contribution in [0, 0.1) is 11.8 Å². The molecular weight excluding hydrogens is 112 g/mol. The third-order valence-electron chi connectivity index (χ3n) is 2.42. The first kappa shape index (κ1) is 7.07. The van der Waals surface area contributed by atoms with Gasteiger partial charge in [0.25, 0.3) is 0 Å². The lowest BCUT2D eigenvalue weighted by Crippen LogP contribution is -2.36. The number of methoxy groups -OCH3 is 1. The van der Waals surface area contributed by atoms with E-state index in [-0.39, 0.29) is 0 Å². The smallest absolute Gasteiger partial charge is 0.0602 e. The van der Waals surface area contributed by atoms with Crippen molar-refractivity contribution in [2.24, 2.45) is 11.8 Å². The Labute approximate surface area is 57.4 Å². The molecule has 1 unspecified atom stereocenters. The highest BCUT2D eigenvalue weighted by molar-refractivity contribution is 4.83. The van der Waals surface area contributed by atoms with Gasteiger partial charge in [0.15, 0.2) is 0 Å². The topological polar surface area (TPSA) is 9.23 Å². The van der Waals surface area contributed by atoms with Crippen molar-refractivity contribution in [3.63, 3.8) is 0 Å². The molecule has 1 fully saturated rings. The molecule has 0 aliphatic heterocycles. The van der Waals surface area contributed by atoms with Crippen molar-refractivity contribution in [1.29, 1.82) is 0 Å². The van der Waals surface area contributed by atoms with Crippen molar-refractivity contribution < 1.29 is 4.74 Å². The van der Waals surface area contributed by atoms with Crippen LogP contribution in [-0.2, 0) is 4.74 Å². The first-order valence-corrected chi connectivity index (χ1v) is 3.78. The highest BCUT2D eigenvalue weighted by Crippen LogP contribution is 2.35. The van der Waals surface area contributed by atoms with Gasteiger partial charge in [-0.1, -0.05) is 13.8 Å². The fourth-order valence-electron chi connectivity index (χ4n) is 1.55. The van der Waals surface area contributed by atoms with Crippen LogP contribution in [0.2, 0.25) is 0 Å². The zero-order valence-electron chi connectivity index (χ0n) is 6.55. The minimum Gasteiger partial charge on any atom is -0.381 e. The van der Waals surface area contributed by atoms with Crippen LogP contribution in [0.1, 0.15) is 26.7 Å². The van der Waals surface area contributed by atoms with Gasteiger partial charge in [-0.2, -0.15) is 0 Å². The predicted molar refractivity (Wildman–Crippen MR) is 38.4 cm³/mol. The summed E-state index contributed by atoms with van der Waals surface area (Å²) in [6, 6.07) is 0. The molecule has 1 saturated carbocycles. The van der Waals surface area contributed by atoms with Gasteiger partial charge in [0.05, 0.1) is 6.10 Å². The monoisotopic (exact) mass is 128 g/mol. The van der Waals surface area contributed by atoms with E-state index in [1.807, 2.05) is 7.11 Å². The molecule has 2 atom stereocenters. The molecule has 54 valence electrons. The summed E-state index contributed by atoms with van der Waals surface area (Å²) in [5.41, 5.74) is 0. The fraction of sp³-hybridized carbons (Fsp3) is 1.00. The average molecular weight is 128 g/mol. The molecule has 1 aliphatic carbocycles. The van der Waals surface area contributed by atoms with Crippen molar-refractivity contribution >= 4 is 0 Å². The molecule has 1 rings (SSSR count). The van der Waals surface area contributed by atoms with Crippen molar-refractivity contribution in [3.8, 4) is 0 Å². The van der Waals surface area contributed by atoms with Crippen LogP contribution in [0.5, 0.6) is 0 Å². The van der Waals surface area contributed by atoms with E-state index in [2.05, 4.69) is 13.8 Å². The standard InChI is InChI=1S/C8H16O/c1-6(2)7-4-5-8(7)9-3/h6-8H,4-5H2,1-3H3/t7-,8?/m0/s1. The van der Waals surface area contributed by atoms with E-state index < -0.39 is 0 Å². The number of hydrogen-bond acceptors (Lipinski definition) is 1. The van der Waals surface area contributed by atoms with Crippen LogP contribution >= 0.6 is 0 Å². The zero-order chi connectivity index (χ0) is 6.85. The van der Waals surface area contributed by atoms with Gasteiger partial charge < -0.3 is 4.74 Å². The van der Waals surface area contributed by atoms with E-state index in [1.165, 1.54) is 12.8 Å².